The van der Waals surface area contributed by atoms with Gasteiger partial charge in [-0.05, 0) is 70.2 Å². The minimum absolute atomic E-state index is 0.000317. The van der Waals surface area contributed by atoms with Crippen molar-refractivity contribution >= 4 is 27.5 Å². The fourth-order valence-corrected chi connectivity index (χ4v) is 5.29. The third kappa shape index (κ3) is 5.24. The molecule has 0 saturated heterocycles. The Hall–Kier alpha value is -3.59. The van der Waals surface area contributed by atoms with E-state index in [0.29, 0.717) is 17.0 Å². The Labute approximate surface area is 206 Å². The molecule has 3 rings (SSSR count). The highest BCUT2D eigenvalue weighted by atomic mass is 32.2. The van der Waals surface area contributed by atoms with E-state index in [4.69, 9.17) is 9.47 Å². The SMILES string of the molecule is COc1ccccc1N(C)S(=O)(=O)c1ccc(C(=O)OCC(=O)c2cc(C)n(C(C)C)c2C)cc1. The lowest BCUT2D eigenvalue weighted by molar-refractivity contribution is 0.0474. The molecule has 9 heteroatoms. The zero-order valence-corrected chi connectivity index (χ0v) is 21.5. The first-order valence-corrected chi connectivity index (χ1v) is 12.5. The first-order chi connectivity index (χ1) is 16.5. The van der Waals surface area contributed by atoms with Gasteiger partial charge in [0.15, 0.2) is 6.61 Å². The Morgan fingerprint density at radius 1 is 1.03 bits per heavy atom. The quantitative estimate of drug-likeness (QED) is 0.317. The van der Waals surface area contributed by atoms with Crippen LogP contribution in [0.1, 0.15) is 52.0 Å². The van der Waals surface area contributed by atoms with Gasteiger partial charge in [0.05, 0.1) is 23.3 Å². The topological polar surface area (TPSA) is 94.9 Å². The zero-order chi connectivity index (χ0) is 25.9. The van der Waals surface area contributed by atoms with Crippen molar-refractivity contribution in [2.24, 2.45) is 0 Å². The number of anilines is 1. The summed E-state index contributed by atoms with van der Waals surface area (Å²) in [6, 6.07) is 14.1. The zero-order valence-electron chi connectivity index (χ0n) is 20.7. The van der Waals surface area contributed by atoms with Crippen molar-refractivity contribution in [2.75, 3.05) is 25.1 Å². The third-order valence-corrected chi connectivity index (χ3v) is 7.59. The summed E-state index contributed by atoms with van der Waals surface area (Å²) in [5.74, 6) is -0.591. The van der Waals surface area contributed by atoms with Gasteiger partial charge in [0.25, 0.3) is 10.0 Å². The van der Waals surface area contributed by atoms with Gasteiger partial charge in [-0.25, -0.2) is 13.2 Å². The lowest BCUT2D eigenvalue weighted by Crippen LogP contribution is -2.27. The van der Waals surface area contributed by atoms with E-state index in [1.807, 2.05) is 27.7 Å². The molecule has 35 heavy (non-hydrogen) atoms. The van der Waals surface area contributed by atoms with Crippen molar-refractivity contribution in [1.82, 2.24) is 4.57 Å². The van der Waals surface area contributed by atoms with E-state index < -0.39 is 22.6 Å². The number of hydrogen-bond donors (Lipinski definition) is 0. The van der Waals surface area contributed by atoms with Gasteiger partial charge in [-0.15, -0.1) is 0 Å². The Bertz CT molecular complexity index is 1340. The smallest absolute Gasteiger partial charge is 0.338 e. The lowest BCUT2D eigenvalue weighted by Gasteiger charge is -2.21. The number of aryl methyl sites for hydroxylation is 1. The highest BCUT2D eigenvalue weighted by Gasteiger charge is 2.24. The number of ether oxygens (including phenoxy) is 2. The number of esters is 1. The van der Waals surface area contributed by atoms with E-state index in [0.717, 1.165) is 15.7 Å². The first kappa shape index (κ1) is 26.0. The van der Waals surface area contributed by atoms with Crippen molar-refractivity contribution in [3.8, 4) is 5.75 Å². The molecule has 0 spiro atoms. The van der Waals surface area contributed by atoms with Gasteiger partial charge in [-0.2, -0.15) is 0 Å². The predicted octanol–water partition coefficient (Wildman–Crippen LogP) is 4.56. The molecule has 1 heterocycles. The molecule has 0 saturated carbocycles. The van der Waals surface area contributed by atoms with Crippen LogP contribution < -0.4 is 9.04 Å². The van der Waals surface area contributed by atoms with Crippen LogP contribution in [0.4, 0.5) is 5.69 Å². The van der Waals surface area contributed by atoms with Gasteiger partial charge in [0.2, 0.25) is 5.78 Å². The van der Waals surface area contributed by atoms with Crippen LogP contribution in [0.15, 0.2) is 59.5 Å². The Balaban J connectivity index is 1.71. The van der Waals surface area contributed by atoms with E-state index in [1.165, 1.54) is 38.4 Å². The van der Waals surface area contributed by atoms with Crippen LogP contribution in [0, 0.1) is 13.8 Å². The molecule has 0 bridgehead atoms. The number of sulfonamides is 1. The number of benzene rings is 2. The number of rotatable bonds is 9. The van der Waals surface area contributed by atoms with Gasteiger partial charge in [-0.1, -0.05) is 12.1 Å². The summed E-state index contributed by atoms with van der Waals surface area (Å²) in [5, 5.41) is 0. The van der Waals surface area contributed by atoms with Crippen LogP contribution in [0.25, 0.3) is 0 Å². The summed E-state index contributed by atoms with van der Waals surface area (Å²) in [5.41, 5.74) is 2.83. The molecule has 0 aliphatic carbocycles. The summed E-state index contributed by atoms with van der Waals surface area (Å²) < 4.78 is 39.8. The Morgan fingerprint density at radius 2 is 1.66 bits per heavy atom. The second-order valence-electron chi connectivity index (χ2n) is 8.42. The van der Waals surface area contributed by atoms with Crippen molar-refractivity contribution in [1.29, 1.82) is 0 Å². The number of carbonyl (C=O) groups is 2. The van der Waals surface area contributed by atoms with Crippen LogP contribution in [0.2, 0.25) is 0 Å². The molecule has 0 aliphatic heterocycles. The number of aromatic nitrogens is 1. The summed E-state index contributed by atoms with van der Waals surface area (Å²) >= 11 is 0. The van der Waals surface area contributed by atoms with Gasteiger partial charge in [0.1, 0.15) is 5.75 Å². The molecule has 0 aliphatic rings. The lowest BCUT2D eigenvalue weighted by atomic mass is 10.1. The van der Waals surface area contributed by atoms with E-state index in [9.17, 15) is 18.0 Å². The highest BCUT2D eigenvalue weighted by molar-refractivity contribution is 7.92. The number of methoxy groups -OCH3 is 1. The van der Waals surface area contributed by atoms with Gasteiger partial charge >= 0.3 is 5.97 Å². The van der Waals surface area contributed by atoms with Crippen molar-refractivity contribution in [3.05, 3.63) is 77.1 Å². The molecule has 0 fully saturated rings. The van der Waals surface area contributed by atoms with E-state index >= 15 is 0 Å². The van der Waals surface area contributed by atoms with Crippen LogP contribution in [0.3, 0.4) is 0 Å². The summed E-state index contributed by atoms with van der Waals surface area (Å²) in [7, 11) is -1.00. The summed E-state index contributed by atoms with van der Waals surface area (Å²) in [6.07, 6.45) is 0. The highest BCUT2D eigenvalue weighted by Crippen LogP contribution is 2.31. The maximum atomic E-state index is 13.1. The number of para-hydroxylation sites is 2. The van der Waals surface area contributed by atoms with Gasteiger partial charge < -0.3 is 14.0 Å². The largest absolute Gasteiger partial charge is 0.495 e. The number of hydrogen-bond acceptors (Lipinski definition) is 6. The normalized spacial score (nSPS) is 11.4. The van der Waals surface area contributed by atoms with E-state index in [2.05, 4.69) is 4.57 Å². The molecule has 8 nitrogen and oxygen atoms in total. The molecular formula is C26H30N2O6S. The van der Waals surface area contributed by atoms with Crippen LogP contribution in [-0.2, 0) is 14.8 Å². The Kier molecular flexibility index (Phi) is 7.70. The van der Waals surface area contributed by atoms with E-state index in [-0.39, 0.29) is 22.3 Å². The molecular weight excluding hydrogens is 468 g/mol. The van der Waals surface area contributed by atoms with E-state index in [1.54, 1.807) is 30.3 Å². The fraction of sp³-hybridized carbons (Fsp3) is 0.308. The van der Waals surface area contributed by atoms with Crippen LogP contribution in [-0.4, -0.2) is 45.5 Å². The average Bonchev–Trinajstić information content (AvgIpc) is 3.15. The molecule has 0 radical (unpaired) electrons. The first-order valence-electron chi connectivity index (χ1n) is 11.1. The molecule has 186 valence electrons. The molecule has 0 unspecified atom stereocenters. The standard InChI is InChI=1S/C26H30N2O6S/c1-17(2)28-18(3)15-22(19(28)4)24(29)16-34-26(30)20-11-13-21(14-12-20)35(31,32)27(5)23-9-7-8-10-25(23)33-6/h7-15,17H,16H2,1-6H3. The Morgan fingerprint density at radius 3 is 2.23 bits per heavy atom. The van der Waals surface area contributed by atoms with Crippen molar-refractivity contribution in [2.45, 2.75) is 38.6 Å². The number of nitrogens with zero attached hydrogens (tertiary/aromatic N) is 2. The molecule has 1 aromatic heterocycles. The second-order valence-corrected chi connectivity index (χ2v) is 10.4. The van der Waals surface area contributed by atoms with Gasteiger partial charge in [0, 0.05) is 30.0 Å². The van der Waals surface area contributed by atoms with Crippen LogP contribution in [0.5, 0.6) is 5.75 Å². The minimum atomic E-state index is -3.90. The average molecular weight is 499 g/mol. The number of Topliss-reactive ketones (excluding diaryl/α,β-unsaturated/α-hetero) is 1. The van der Waals surface area contributed by atoms with Crippen molar-refractivity contribution in [3.63, 3.8) is 0 Å². The minimum Gasteiger partial charge on any atom is -0.495 e. The number of ketones is 1. The molecule has 0 N–H and O–H groups in total. The molecule has 2 aromatic carbocycles. The maximum Gasteiger partial charge on any atom is 0.338 e. The van der Waals surface area contributed by atoms with Crippen LogP contribution >= 0.6 is 0 Å². The number of carbonyl (C=O) groups excluding carboxylic acids is 2. The molecule has 3 aromatic rings. The molecule has 0 amide bonds. The third-order valence-electron chi connectivity index (χ3n) is 5.81. The fourth-order valence-electron chi connectivity index (χ4n) is 4.09. The summed E-state index contributed by atoms with van der Waals surface area (Å²) in [6.45, 7) is 7.45. The monoisotopic (exact) mass is 498 g/mol. The summed E-state index contributed by atoms with van der Waals surface area (Å²) in [4.78, 5) is 25.1. The van der Waals surface area contributed by atoms with Gasteiger partial charge in [-0.3, -0.25) is 9.10 Å². The second kappa shape index (κ2) is 10.4. The molecule has 0 atom stereocenters. The van der Waals surface area contributed by atoms with Crippen molar-refractivity contribution < 1.29 is 27.5 Å². The maximum absolute atomic E-state index is 13.1. The predicted molar refractivity (Wildman–Crippen MR) is 134 cm³/mol.